The monoisotopic (exact) mass is 291 g/mol. The summed E-state index contributed by atoms with van der Waals surface area (Å²) in [6.07, 6.45) is 7.95. The molecule has 0 bridgehead atoms. The van der Waals surface area contributed by atoms with Gasteiger partial charge in [-0.05, 0) is 43.5 Å². The summed E-state index contributed by atoms with van der Waals surface area (Å²) in [5.74, 6) is 1.58. The third-order valence-corrected chi connectivity index (χ3v) is 3.66. The van der Waals surface area contributed by atoms with Gasteiger partial charge in [-0.3, -0.25) is 0 Å². The highest BCUT2D eigenvalue weighted by Crippen LogP contribution is 2.31. The Labute approximate surface area is 129 Å². The second-order valence-electron chi connectivity index (χ2n) is 5.15. The fourth-order valence-corrected chi connectivity index (χ4v) is 2.52. The molecule has 3 nitrogen and oxygen atoms in total. The summed E-state index contributed by atoms with van der Waals surface area (Å²) in [4.78, 5) is 0. The van der Waals surface area contributed by atoms with Gasteiger partial charge in [-0.1, -0.05) is 31.9 Å². The molecule has 0 fully saturated rings. The van der Waals surface area contributed by atoms with Crippen LogP contribution in [0.1, 0.15) is 50.6 Å². The molecule has 0 heterocycles. The molecule has 0 saturated carbocycles. The molecule has 21 heavy (non-hydrogen) atoms. The van der Waals surface area contributed by atoms with Crippen molar-refractivity contribution < 1.29 is 9.47 Å². The Hall–Kier alpha value is -1.48. The Balaban J connectivity index is 2.68. The Kier molecular flexibility index (Phi) is 8.60. The van der Waals surface area contributed by atoms with Crippen LogP contribution in [0, 0.1) is 0 Å². The fourth-order valence-electron chi connectivity index (χ4n) is 2.52. The number of ether oxygens (including phenoxy) is 2. The molecule has 1 N–H and O–H groups in total. The molecular formula is C18H29NO2. The first-order valence-corrected chi connectivity index (χ1v) is 7.83. The molecule has 1 aromatic carbocycles. The number of benzene rings is 1. The van der Waals surface area contributed by atoms with Crippen LogP contribution in [0.25, 0.3) is 0 Å². The molecule has 0 aliphatic heterocycles. The third-order valence-electron chi connectivity index (χ3n) is 3.66. The molecule has 0 aliphatic carbocycles. The van der Waals surface area contributed by atoms with Crippen molar-refractivity contribution in [3.8, 4) is 11.5 Å². The van der Waals surface area contributed by atoms with Gasteiger partial charge in [0, 0.05) is 6.04 Å². The molecule has 0 aliphatic rings. The highest BCUT2D eigenvalue weighted by Gasteiger charge is 2.13. The average Bonchev–Trinajstić information content (AvgIpc) is 2.53. The Morgan fingerprint density at radius 1 is 1.14 bits per heavy atom. The molecule has 0 amide bonds. The second kappa shape index (κ2) is 10.3. The van der Waals surface area contributed by atoms with Crippen LogP contribution in [0.4, 0.5) is 0 Å². The smallest absolute Gasteiger partial charge is 0.161 e. The van der Waals surface area contributed by atoms with Crippen LogP contribution in [-0.4, -0.2) is 20.8 Å². The summed E-state index contributed by atoms with van der Waals surface area (Å²) in [6.45, 7) is 6.88. The number of methoxy groups -OCH3 is 2. The standard InChI is InChI=1S/C18H29NO2/c1-5-7-8-9-10-11-16(19-6-2)15-12-13-17(20-3)18(14-15)21-4/h5,12-14,16,19H,1,6-11H2,2-4H3. The predicted octanol–water partition coefficient (Wildman–Crippen LogP) is 4.49. The minimum Gasteiger partial charge on any atom is -0.493 e. The van der Waals surface area contributed by atoms with Gasteiger partial charge < -0.3 is 14.8 Å². The fraction of sp³-hybridized carbons (Fsp3) is 0.556. The Bertz CT molecular complexity index is 418. The van der Waals surface area contributed by atoms with Gasteiger partial charge >= 0.3 is 0 Å². The zero-order valence-electron chi connectivity index (χ0n) is 13.7. The van der Waals surface area contributed by atoms with E-state index < -0.39 is 0 Å². The summed E-state index contributed by atoms with van der Waals surface area (Å²) in [6, 6.07) is 6.56. The lowest BCUT2D eigenvalue weighted by Crippen LogP contribution is -2.20. The van der Waals surface area contributed by atoms with Crippen molar-refractivity contribution in [2.45, 2.75) is 45.1 Å². The lowest BCUT2D eigenvalue weighted by Gasteiger charge is -2.20. The van der Waals surface area contributed by atoms with E-state index in [1.807, 2.05) is 12.1 Å². The highest BCUT2D eigenvalue weighted by atomic mass is 16.5. The molecule has 1 atom stereocenters. The summed E-state index contributed by atoms with van der Waals surface area (Å²) in [7, 11) is 3.35. The molecule has 1 unspecified atom stereocenters. The van der Waals surface area contributed by atoms with Gasteiger partial charge in [0.25, 0.3) is 0 Å². The Morgan fingerprint density at radius 2 is 1.90 bits per heavy atom. The van der Waals surface area contributed by atoms with Crippen molar-refractivity contribution >= 4 is 0 Å². The molecule has 1 aromatic rings. The lowest BCUT2D eigenvalue weighted by molar-refractivity contribution is 0.353. The Morgan fingerprint density at radius 3 is 2.52 bits per heavy atom. The summed E-state index contributed by atoms with van der Waals surface area (Å²) in [5, 5.41) is 3.56. The first-order chi connectivity index (χ1) is 10.3. The number of hydrogen-bond donors (Lipinski definition) is 1. The van der Waals surface area contributed by atoms with Crippen molar-refractivity contribution in [1.29, 1.82) is 0 Å². The van der Waals surface area contributed by atoms with Crippen LogP contribution in [-0.2, 0) is 0 Å². The molecule has 1 rings (SSSR count). The van der Waals surface area contributed by atoms with E-state index in [0.29, 0.717) is 6.04 Å². The van der Waals surface area contributed by atoms with Gasteiger partial charge in [0.2, 0.25) is 0 Å². The van der Waals surface area contributed by atoms with E-state index in [1.54, 1.807) is 14.2 Å². The maximum Gasteiger partial charge on any atom is 0.161 e. The summed E-state index contributed by atoms with van der Waals surface area (Å²) < 4.78 is 10.7. The first-order valence-electron chi connectivity index (χ1n) is 7.83. The second-order valence-corrected chi connectivity index (χ2v) is 5.15. The van der Waals surface area contributed by atoms with E-state index in [2.05, 4.69) is 31.0 Å². The van der Waals surface area contributed by atoms with E-state index in [9.17, 15) is 0 Å². The van der Waals surface area contributed by atoms with Gasteiger partial charge in [0.15, 0.2) is 11.5 Å². The molecular weight excluding hydrogens is 262 g/mol. The highest BCUT2D eigenvalue weighted by molar-refractivity contribution is 5.43. The van der Waals surface area contributed by atoms with Crippen molar-refractivity contribution in [3.63, 3.8) is 0 Å². The van der Waals surface area contributed by atoms with Crippen LogP contribution < -0.4 is 14.8 Å². The maximum atomic E-state index is 5.40. The first kappa shape index (κ1) is 17.6. The van der Waals surface area contributed by atoms with Crippen molar-refractivity contribution in [2.24, 2.45) is 0 Å². The van der Waals surface area contributed by atoms with Crippen LogP contribution in [0.5, 0.6) is 11.5 Å². The average molecular weight is 291 g/mol. The minimum absolute atomic E-state index is 0.374. The predicted molar refractivity (Wildman–Crippen MR) is 89.2 cm³/mol. The van der Waals surface area contributed by atoms with E-state index in [-0.39, 0.29) is 0 Å². The quantitative estimate of drug-likeness (QED) is 0.481. The zero-order valence-corrected chi connectivity index (χ0v) is 13.7. The van der Waals surface area contributed by atoms with Crippen LogP contribution in [0.2, 0.25) is 0 Å². The van der Waals surface area contributed by atoms with Gasteiger partial charge in [0.05, 0.1) is 14.2 Å². The van der Waals surface area contributed by atoms with Gasteiger partial charge in [0.1, 0.15) is 0 Å². The maximum absolute atomic E-state index is 5.40. The lowest BCUT2D eigenvalue weighted by atomic mass is 9.99. The van der Waals surface area contributed by atoms with Gasteiger partial charge in [-0.25, -0.2) is 0 Å². The number of unbranched alkanes of at least 4 members (excludes halogenated alkanes) is 3. The molecule has 118 valence electrons. The number of rotatable bonds is 11. The van der Waals surface area contributed by atoms with Crippen molar-refractivity contribution in [3.05, 3.63) is 36.4 Å². The molecule has 0 aromatic heterocycles. The zero-order chi connectivity index (χ0) is 15.5. The molecule has 0 radical (unpaired) electrons. The molecule has 3 heteroatoms. The number of nitrogens with one attached hydrogen (secondary N) is 1. The largest absolute Gasteiger partial charge is 0.493 e. The SMILES string of the molecule is C=CCCCCCC(NCC)c1ccc(OC)c(OC)c1. The summed E-state index contributed by atoms with van der Waals surface area (Å²) >= 11 is 0. The van der Waals surface area contributed by atoms with E-state index >= 15 is 0 Å². The van der Waals surface area contributed by atoms with E-state index in [4.69, 9.17) is 9.47 Å². The van der Waals surface area contributed by atoms with Crippen molar-refractivity contribution in [1.82, 2.24) is 5.32 Å². The molecule has 0 saturated heterocycles. The normalized spacial score (nSPS) is 12.0. The number of hydrogen-bond acceptors (Lipinski definition) is 3. The third kappa shape index (κ3) is 5.80. The van der Waals surface area contributed by atoms with E-state index in [1.165, 1.54) is 24.8 Å². The van der Waals surface area contributed by atoms with E-state index in [0.717, 1.165) is 30.9 Å². The minimum atomic E-state index is 0.374. The van der Waals surface area contributed by atoms with Crippen LogP contribution in [0.15, 0.2) is 30.9 Å². The van der Waals surface area contributed by atoms with Crippen molar-refractivity contribution in [2.75, 3.05) is 20.8 Å². The summed E-state index contributed by atoms with van der Waals surface area (Å²) in [5.41, 5.74) is 1.26. The topological polar surface area (TPSA) is 30.5 Å². The van der Waals surface area contributed by atoms with Crippen LogP contribution in [0.3, 0.4) is 0 Å². The molecule has 0 spiro atoms. The van der Waals surface area contributed by atoms with Gasteiger partial charge in [-0.15, -0.1) is 6.58 Å². The van der Waals surface area contributed by atoms with Crippen LogP contribution >= 0.6 is 0 Å². The van der Waals surface area contributed by atoms with Gasteiger partial charge in [-0.2, -0.15) is 0 Å². The number of allylic oxidation sites excluding steroid dienone is 1.